The second-order valence-corrected chi connectivity index (χ2v) is 10.4. The Morgan fingerprint density at radius 3 is 2.42 bits per heavy atom. The lowest BCUT2D eigenvalue weighted by Crippen LogP contribution is -2.60. The van der Waals surface area contributed by atoms with Gasteiger partial charge in [0.25, 0.3) is 0 Å². The number of aromatic nitrogens is 2. The highest BCUT2D eigenvalue weighted by atomic mass is 32.2. The summed E-state index contributed by atoms with van der Waals surface area (Å²) >= 11 is 3.02. The van der Waals surface area contributed by atoms with E-state index in [1.807, 2.05) is 0 Å². The van der Waals surface area contributed by atoms with Gasteiger partial charge >= 0.3 is 0 Å². The summed E-state index contributed by atoms with van der Waals surface area (Å²) in [6.07, 6.45) is 7.82. The summed E-state index contributed by atoms with van der Waals surface area (Å²) < 4.78 is 0.860. The fourth-order valence-corrected chi connectivity index (χ4v) is 6.99. The Labute approximate surface area is 151 Å². The van der Waals surface area contributed by atoms with Crippen LogP contribution in [0.5, 0.6) is 0 Å². The van der Waals surface area contributed by atoms with Crippen LogP contribution in [0.4, 0.5) is 5.13 Å². The monoisotopic (exact) mass is 366 g/mol. The first-order valence-corrected chi connectivity index (χ1v) is 10.8. The lowest BCUT2D eigenvalue weighted by Gasteiger charge is -2.56. The summed E-state index contributed by atoms with van der Waals surface area (Å²) in [6.45, 7) is 4.15. The second kappa shape index (κ2) is 6.48. The summed E-state index contributed by atoms with van der Waals surface area (Å²) in [5.41, 5.74) is 0.109. The normalized spacial score (nSPS) is 33.9. The highest BCUT2D eigenvalue weighted by Crippen LogP contribution is 2.55. The average Bonchev–Trinajstić information content (AvgIpc) is 2.90. The Kier molecular flexibility index (Phi) is 4.49. The summed E-state index contributed by atoms with van der Waals surface area (Å²) in [6, 6.07) is 0.343. The van der Waals surface area contributed by atoms with Crippen LogP contribution in [0.15, 0.2) is 4.34 Å². The van der Waals surface area contributed by atoms with Crippen LogP contribution in [0.2, 0.25) is 0 Å². The molecule has 0 radical (unpaired) electrons. The van der Waals surface area contributed by atoms with E-state index in [9.17, 15) is 4.79 Å². The highest BCUT2D eigenvalue weighted by Gasteiger charge is 2.51. The van der Waals surface area contributed by atoms with Gasteiger partial charge in [0.15, 0.2) is 4.34 Å². The minimum atomic E-state index is 0.109. The van der Waals surface area contributed by atoms with E-state index in [0.717, 1.165) is 27.2 Å². The average molecular weight is 367 g/mol. The summed E-state index contributed by atoms with van der Waals surface area (Å²) in [7, 11) is 0. The van der Waals surface area contributed by atoms with Crippen molar-refractivity contribution in [3.63, 3.8) is 0 Å². The van der Waals surface area contributed by atoms with Gasteiger partial charge in [0.05, 0.1) is 5.75 Å². The molecular weight excluding hydrogens is 340 g/mol. The van der Waals surface area contributed by atoms with Crippen molar-refractivity contribution in [1.82, 2.24) is 15.5 Å². The molecule has 1 amide bonds. The molecule has 132 valence electrons. The van der Waals surface area contributed by atoms with Crippen molar-refractivity contribution < 1.29 is 4.79 Å². The first-order chi connectivity index (χ1) is 11.5. The molecule has 1 aromatic heterocycles. The van der Waals surface area contributed by atoms with E-state index in [0.29, 0.717) is 11.8 Å². The molecule has 4 fully saturated rings. The topological polar surface area (TPSA) is 66.9 Å². The zero-order valence-corrected chi connectivity index (χ0v) is 16.0. The molecular formula is C17H26N4OS2. The lowest BCUT2D eigenvalue weighted by molar-refractivity contribution is -0.124. The fourth-order valence-electron chi connectivity index (χ4n) is 5.30. The van der Waals surface area contributed by atoms with Gasteiger partial charge in [-0.15, -0.1) is 10.2 Å². The van der Waals surface area contributed by atoms with Crippen molar-refractivity contribution in [2.75, 3.05) is 11.1 Å². The third-order valence-electron chi connectivity index (χ3n) is 5.59. The molecule has 4 aliphatic rings. The SMILES string of the molecule is CC(C)Nc1nnc(SCC(=O)NC23CC4CC(CC(C4)C2)C3)s1. The molecule has 0 aliphatic heterocycles. The first kappa shape index (κ1) is 16.6. The van der Waals surface area contributed by atoms with Crippen molar-refractivity contribution in [3.05, 3.63) is 0 Å². The quantitative estimate of drug-likeness (QED) is 0.754. The van der Waals surface area contributed by atoms with Crippen molar-refractivity contribution >= 4 is 34.1 Å². The van der Waals surface area contributed by atoms with Crippen molar-refractivity contribution in [2.24, 2.45) is 17.8 Å². The molecule has 4 bridgehead atoms. The maximum atomic E-state index is 12.5. The Morgan fingerprint density at radius 1 is 1.21 bits per heavy atom. The molecule has 0 saturated heterocycles. The molecule has 2 N–H and O–H groups in total. The number of hydrogen-bond acceptors (Lipinski definition) is 6. The van der Waals surface area contributed by atoms with Gasteiger partial charge in [-0.1, -0.05) is 23.1 Å². The Balaban J connectivity index is 1.30. The number of carbonyl (C=O) groups is 1. The molecule has 4 saturated carbocycles. The third-order valence-corrected chi connectivity index (χ3v) is 7.58. The van der Waals surface area contributed by atoms with E-state index in [1.165, 1.54) is 61.6 Å². The maximum Gasteiger partial charge on any atom is 0.230 e. The van der Waals surface area contributed by atoms with Crippen molar-refractivity contribution in [1.29, 1.82) is 0 Å². The van der Waals surface area contributed by atoms with Gasteiger partial charge in [0, 0.05) is 11.6 Å². The van der Waals surface area contributed by atoms with Gasteiger partial charge < -0.3 is 10.6 Å². The van der Waals surface area contributed by atoms with Crippen LogP contribution < -0.4 is 10.6 Å². The number of hydrogen-bond donors (Lipinski definition) is 2. The molecule has 4 aliphatic carbocycles. The molecule has 5 nitrogen and oxygen atoms in total. The molecule has 5 rings (SSSR count). The Hall–Kier alpha value is -0.820. The van der Waals surface area contributed by atoms with E-state index in [1.54, 1.807) is 0 Å². The smallest absolute Gasteiger partial charge is 0.230 e. The molecule has 0 aromatic carbocycles. The number of thioether (sulfide) groups is 1. The zero-order chi connectivity index (χ0) is 16.7. The van der Waals surface area contributed by atoms with E-state index in [-0.39, 0.29) is 11.4 Å². The van der Waals surface area contributed by atoms with Crippen LogP contribution in [-0.4, -0.2) is 33.4 Å². The summed E-state index contributed by atoms with van der Waals surface area (Å²) in [5, 5.41) is 15.8. The third kappa shape index (κ3) is 3.57. The molecule has 1 aromatic rings. The van der Waals surface area contributed by atoms with E-state index >= 15 is 0 Å². The number of anilines is 1. The van der Waals surface area contributed by atoms with Gasteiger partial charge in [-0.2, -0.15) is 0 Å². The summed E-state index contributed by atoms with van der Waals surface area (Å²) in [5.74, 6) is 3.18. The summed E-state index contributed by atoms with van der Waals surface area (Å²) in [4.78, 5) is 12.5. The lowest BCUT2D eigenvalue weighted by atomic mass is 9.53. The van der Waals surface area contributed by atoms with Crippen LogP contribution in [0.3, 0.4) is 0 Å². The van der Waals surface area contributed by atoms with Crippen molar-refractivity contribution in [2.45, 2.75) is 68.3 Å². The number of nitrogens with zero attached hydrogens (tertiary/aromatic N) is 2. The largest absolute Gasteiger partial charge is 0.358 e. The van der Waals surface area contributed by atoms with E-state index in [2.05, 4.69) is 34.7 Å². The number of carbonyl (C=O) groups excluding carboxylic acids is 1. The van der Waals surface area contributed by atoms with Gasteiger partial charge in [0.2, 0.25) is 11.0 Å². The van der Waals surface area contributed by atoms with Crippen LogP contribution in [-0.2, 0) is 4.79 Å². The molecule has 0 spiro atoms. The number of amides is 1. The molecule has 1 heterocycles. The predicted octanol–water partition coefficient (Wildman–Crippen LogP) is 3.54. The molecule has 0 atom stereocenters. The number of nitrogens with one attached hydrogen (secondary N) is 2. The predicted molar refractivity (Wildman–Crippen MR) is 98.4 cm³/mol. The van der Waals surface area contributed by atoms with Crippen LogP contribution in [0, 0.1) is 17.8 Å². The minimum absolute atomic E-state index is 0.109. The van der Waals surface area contributed by atoms with Gasteiger partial charge in [-0.05, 0) is 70.1 Å². The maximum absolute atomic E-state index is 12.5. The molecule has 7 heteroatoms. The zero-order valence-electron chi connectivity index (χ0n) is 14.4. The fraction of sp³-hybridized carbons (Fsp3) is 0.824. The molecule has 24 heavy (non-hydrogen) atoms. The Morgan fingerprint density at radius 2 is 1.83 bits per heavy atom. The highest BCUT2D eigenvalue weighted by molar-refractivity contribution is 8.01. The number of rotatable bonds is 6. The van der Waals surface area contributed by atoms with E-state index < -0.39 is 0 Å². The first-order valence-electron chi connectivity index (χ1n) is 9.03. The Bertz CT molecular complexity index is 580. The van der Waals surface area contributed by atoms with Crippen LogP contribution >= 0.6 is 23.1 Å². The van der Waals surface area contributed by atoms with Crippen molar-refractivity contribution in [3.8, 4) is 0 Å². The van der Waals surface area contributed by atoms with Gasteiger partial charge in [-0.3, -0.25) is 4.79 Å². The van der Waals surface area contributed by atoms with Crippen LogP contribution in [0.1, 0.15) is 52.4 Å². The minimum Gasteiger partial charge on any atom is -0.358 e. The second-order valence-electron chi connectivity index (χ2n) is 8.21. The van der Waals surface area contributed by atoms with Crippen LogP contribution in [0.25, 0.3) is 0 Å². The van der Waals surface area contributed by atoms with E-state index in [4.69, 9.17) is 0 Å². The molecule has 0 unspecified atom stereocenters. The standard InChI is InChI=1S/C17H26N4OS2/c1-10(2)18-15-20-21-16(24-15)23-9-14(22)19-17-6-11-3-12(7-17)5-13(4-11)8-17/h10-13H,3-9H2,1-2H3,(H,18,20)(H,19,22). The van der Waals surface area contributed by atoms with Gasteiger partial charge in [-0.25, -0.2) is 0 Å². The van der Waals surface area contributed by atoms with Gasteiger partial charge in [0.1, 0.15) is 0 Å².